The molecule has 0 bridgehead atoms. The Bertz CT molecular complexity index is 790. The number of rotatable bonds is 4. The number of aromatic nitrogens is 2. The smallest absolute Gasteiger partial charge is 0.271 e. The molecule has 0 aliphatic heterocycles. The summed E-state index contributed by atoms with van der Waals surface area (Å²) >= 11 is 0. The molecule has 1 amide bonds. The van der Waals surface area contributed by atoms with Gasteiger partial charge in [0.15, 0.2) is 5.78 Å². The highest BCUT2D eigenvalue weighted by atomic mass is 16.2. The van der Waals surface area contributed by atoms with Crippen LogP contribution in [0.15, 0.2) is 24.5 Å². The number of ketones is 1. The maximum atomic E-state index is 13.1. The zero-order valence-corrected chi connectivity index (χ0v) is 13.8. The highest BCUT2D eigenvalue weighted by molar-refractivity contribution is 6.04. The minimum Gasteiger partial charge on any atom is -0.354 e. The molecule has 1 saturated carbocycles. The van der Waals surface area contributed by atoms with Crippen LogP contribution in [0.3, 0.4) is 0 Å². The van der Waals surface area contributed by atoms with Gasteiger partial charge < -0.3 is 9.88 Å². The first-order chi connectivity index (χ1) is 11.6. The Morgan fingerprint density at radius 2 is 2.04 bits per heavy atom. The van der Waals surface area contributed by atoms with E-state index in [0.717, 1.165) is 48.1 Å². The Balaban J connectivity index is 1.65. The predicted molar refractivity (Wildman–Crippen MR) is 89.9 cm³/mol. The standard InChI is InChI=1S/C19H21N3O2/c1-12-17-15(3-2-4-16(17)23)21-18(12)19(24)22(14-5-6-14)11-13-7-9-20-10-8-13/h7-10,14,21H,2-6,11H2,1H3. The third-order valence-corrected chi connectivity index (χ3v) is 5.00. The Kier molecular flexibility index (Phi) is 3.71. The average Bonchev–Trinajstić information content (AvgIpc) is 3.37. The molecule has 5 nitrogen and oxygen atoms in total. The van der Waals surface area contributed by atoms with Crippen LogP contribution in [0.2, 0.25) is 0 Å². The maximum absolute atomic E-state index is 13.1. The van der Waals surface area contributed by atoms with Crippen LogP contribution in [-0.4, -0.2) is 32.6 Å². The SMILES string of the molecule is Cc1c(C(=O)N(Cc2ccncc2)C2CC2)[nH]c2c1C(=O)CCC2. The van der Waals surface area contributed by atoms with E-state index in [9.17, 15) is 9.59 Å². The van der Waals surface area contributed by atoms with Crippen molar-refractivity contribution >= 4 is 11.7 Å². The van der Waals surface area contributed by atoms with Crippen molar-refractivity contribution in [2.75, 3.05) is 0 Å². The van der Waals surface area contributed by atoms with Gasteiger partial charge in [-0.15, -0.1) is 0 Å². The maximum Gasteiger partial charge on any atom is 0.271 e. The Morgan fingerprint density at radius 1 is 1.29 bits per heavy atom. The summed E-state index contributed by atoms with van der Waals surface area (Å²) in [6.07, 6.45) is 7.91. The molecule has 2 aliphatic carbocycles. The molecular weight excluding hydrogens is 302 g/mol. The van der Waals surface area contributed by atoms with Crippen molar-refractivity contribution in [3.63, 3.8) is 0 Å². The summed E-state index contributed by atoms with van der Waals surface area (Å²) in [7, 11) is 0. The number of nitrogens with zero attached hydrogens (tertiary/aromatic N) is 2. The van der Waals surface area contributed by atoms with Crippen molar-refractivity contribution in [3.05, 3.63) is 52.6 Å². The fourth-order valence-electron chi connectivity index (χ4n) is 3.57. The van der Waals surface area contributed by atoms with Gasteiger partial charge in [0.1, 0.15) is 5.69 Å². The van der Waals surface area contributed by atoms with E-state index in [0.29, 0.717) is 24.7 Å². The number of carbonyl (C=O) groups is 2. The summed E-state index contributed by atoms with van der Waals surface area (Å²) in [6.45, 7) is 2.48. The summed E-state index contributed by atoms with van der Waals surface area (Å²) < 4.78 is 0. The van der Waals surface area contributed by atoms with Gasteiger partial charge in [-0.3, -0.25) is 14.6 Å². The Labute approximate surface area is 141 Å². The minimum absolute atomic E-state index is 0.00834. The molecule has 0 spiro atoms. The van der Waals surface area contributed by atoms with E-state index in [-0.39, 0.29) is 11.7 Å². The van der Waals surface area contributed by atoms with Gasteiger partial charge in [0.25, 0.3) is 5.91 Å². The zero-order valence-electron chi connectivity index (χ0n) is 13.8. The third kappa shape index (κ3) is 2.64. The molecular formula is C19H21N3O2. The van der Waals surface area contributed by atoms with Crippen LogP contribution in [0.5, 0.6) is 0 Å². The Morgan fingerprint density at radius 3 is 2.71 bits per heavy atom. The fraction of sp³-hybridized carbons (Fsp3) is 0.421. The number of Topliss-reactive ketones (excluding diaryl/α,β-unsaturated/α-hetero) is 1. The molecule has 0 radical (unpaired) electrons. The number of pyridine rings is 1. The highest BCUT2D eigenvalue weighted by Gasteiger charge is 2.35. The van der Waals surface area contributed by atoms with Crippen molar-refractivity contribution in [3.8, 4) is 0 Å². The van der Waals surface area contributed by atoms with Crippen molar-refractivity contribution in [1.29, 1.82) is 0 Å². The third-order valence-electron chi connectivity index (χ3n) is 5.00. The minimum atomic E-state index is 0.00834. The number of aromatic amines is 1. The summed E-state index contributed by atoms with van der Waals surface area (Å²) in [5, 5.41) is 0. The molecule has 2 aliphatic rings. The molecule has 0 saturated heterocycles. The molecule has 5 heteroatoms. The van der Waals surface area contributed by atoms with Gasteiger partial charge in [-0.05, 0) is 55.9 Å². The van der Waals surface area contributed by atoms with E-state index in [4.69, 9.17) is 0 Å². The van der Waals surface area contributed by atoms with Crippen molar-refractivity contribution in [1.82, 2.24) is 14.9 Å². The lowest BCUT2D eigenvalue weighted by Crippen LogP contribution is -2.33. The van der Waals surface area contributed by atoms with Gasteiger partial charge in [-0.1, -0.05) is 0 Å². The summed E-state index contributed by atoms with van der Waals surface area (Å²) in [6, 6.07) is 4.19. The van der Waals surface area contributed by atoms with Gasteiger partial charge in [0.05, 0.1) is 0 Å². The van der Waals surface area contributed by atoms with Crippen LogP contribution in [0.25, 0.3) is 0 Å². The van der Waals surface area contributed by atoms with Crippen LogP contribution >= 0.6 is 0 Å². The molecule has 0 atom stereocenters. The fourth-order valence-corrected chi connectivity index (χ4v) is 3.57. The van der Waals surface area contributed by atoms with Crippen LogP contribution in [0.1, 0.15) is 63.4 Å². The molecule has 2 aromatic heterocycles. The molecule has 1 N–H and O–H groups in total. The first-order valence-electron chi connectivity index (χ1n) is 8.59. The number of aryl methyl sites for hydroxylation is 1. The Hall–Kier alpha value is -2.43. The van der Waals surface area contributed by atoms with E-state index in [2.05, 4.69) is 9.97 Å². The van der Waals surface area contributed by atoms with Gasteiger partial charge >= 0.3 is 0 Å². The summed E-state index contributed by atoms with van der Waals surface area (Å²) in [4.78, 5) is 34.6. The van der Waals surface area contributed by atoms with E-state index in [1.165, 1.54) is 0 Å². The number of hydrogen-bond donors (Lipinski definition) is 1. The van der Waals surface area contributed by atoms with E-state index >= 15 is 0 Å². The quantitative estimate of drug-likeness (QED) is 0.940. The second-order valence-electron chi connectivity index (χ2n) is 6.77. The predicted octanol–water partition coefficient (Wildman–Crippen LogP) is 3.04. The number of nitrogens with one attached hydrogen (secondary N) is 1. The normalized spacial score (nSPS) is 16.8. The lowest BCUT2D eigenvalue weighted by atomic mass is 9.93. The number of carbonyl (C=O) groups excluding carboxylic acids is 2. The highest BCUT2D eigenvalue weighted by Crippen LogP contribution is 2.32. The molecule has 124 valence electrons. The van der Waals surface area contributed by atoms with Crippen molar-refractivity contribution in [2.24, 2.45) is 0 Å². The molecule has 24 heavy (non-hydrogen) atoms. The molecule has 0 unspecified atom stereocenters. The number of H-pyrrole nitrogens is 1. The second kappa shape index (κ2) is 5.89. The zero-order chi connectivity index (χ0) is 16.7. The largest absolute Gasteiger partial charge is 0.354 e. The van der Waals surface area contributed by atoms with Gasteiger partial charge in [-0.2, -0.15) is 0 Å². The van der Waals surface area contributed by atoms with Gasteiger partial charge in [0.2, 0.25) is 0 Å². The number of hydrogen-bond acceptors (Lipinski definition) is 3. The summed E-state index contributed by atoms with van der Waals surface area (Å²) in [5.41, 5.74) is 4.18. The van der Waals surface area contributed by atoms with Gasteiger partial charge in [-0.25, -0.2) is 0 Å². The van der Waals surface area contributed by atoms with E-state index in [1.807, 2.05) is 24.0 Å². The van der Waals surface area contributed by atoms with Crippen molar-refractivity contribution < 1.29 is 9.59 Å². The monoisotopic (exact) mass is 323 g/mol. The van der Waals surface area contributed by atoms with Crippen LogP contribution < -0.4 is 0 Å². The lowest BCUT2D eigenvalue weighted by Gasteiger charge is -2.22. The van der Waals surface area contributed by atoms with Crippen molar-refractivity contribution in [2.45, 2.75) is 51.6 Å². The van der Waals surface area contributed by atoms with Gasteiger partial charge in [0, 0.05) is 42.7 Å². The first-order valence-corrected chi connectivity index (χ1v) is 8.59. The summed E-state index contributed by atoms with van der Waals surface area (Å²) in [5.74, 6) is 0.171. The van der Waals surface area contributed by atoms with E-state index < -0.39 is 0 Å². The van der Waals surface area contributed by atoms with Crippen LogP contribution in [-0.2, 0) is 13.0 Å². The first kappa shape index (κ1) is 15.1. The average molecular weight is 323 g/mol. The molecule has 0 aromatic carbocycles. The molecule has 2 aromatic rings. The topological polar surface area (TPSA) is 66.1 Å². The molecule has 4 rings (SSSR count). The second-order valence-corrected chi connectivity index (χ2v) is 6.77. The van der Waals surface area contributed by atoms with Crippen LogP contribution in [0.4, 0.5) is 0 Å². The van der Waals surface area contributed by atoms with E-state index in [1.54, 1.807) is 12.4 Å². The number of amides is 1. The van der Waals surface area contributed by atoms with Crippen LogP contribution in [0, 0.1) is 6.92 Å². The molecule has 2 heterocycles. The number of fused-ring (bicyclic) bond motifs is 1. The molecule has 1 fully saturated rings. The lowest BCUT2D eigenvalue weighted by molar-refractivity contribution is 0.0723.